The molecular formula is C8H6BrClN4S. The van der Waals surface area contributed by atoms with Gasteiger partial charge in [-0.05, 0) is 34.9 Å². The van der Waals surface area contributed by atoms with Gasteiger partial charge in [0.05, 0.1) is 10.7 Å². The molecule has 0 aliphatic heterocycles. The van der Waals surface area contributed by atoms with Gasteiger partial charge < -0.3 is 0 Å². The van der Waals surface area contributed by atoms with Crippen LogP contribution < -0.4 is 0 Å². The summed E-state index contributed by atoms with van der Waals surface area (Å²) in [4.78, 5) is 0. The minimum atomic E-state index is 0.604. The Kier molecular flexibility index (Phi) is 3.28. The molecule has 1 heterocycles. The molecule has 0 fully saturated rings. The van der Waals surface area contributed by atoms with E-state index in [1.807, 2.05) is 24.5 Å². The van der Waals surface area contributed by atoms with Crippen molar-refractivity contribution in [2.24, 2.45) is 0 Å². The number of hydrogen-bond acceptors (Lipinski definition) is 4. The highest BCUT2D eigenvalue weighted by atomic mass is 79.9. The maximum atomic E-state index is 6.09. The van der Waals surface area contributed by atoms with Crippen LogP contribution in [-0.2, 0) is 0 Å². The van der Waals surface area contributed by atoms with Gasteiger partial charge >= 0.3 is 0 Å². The van der Waals surface area contributed by atoms with Crippen molar-refractivity contribution in [1.29, 1.82) is 0 Å². The molecule has 0 saturated carbocycles. The van der Waals surface area contributed by atoms with Gasteiger partial charge in [-0.1, -0.05) is 39.3 Å². The molecule has 2 rings (SSSR count). The first-order valence-corrected chi connectivity index (χ1v) is 6.39. The number of benzene rings is 1. The van der Waals surface area contributed by atoms with Crippen molar-refractivity contribution in [3.8, 4) is 5.69 Å². The third-order valence-electron chi connectivity index (χ3n) is 1.76. The Labute approximate surface area is 104 Å². The molecule has 0 radical (unpaired) electrons. The second-order valence-corrected chi connectivity index (χ2v) is 4.77. The third-order valence-corrected chi connectivity index (χ3v) is 3.18. The average Bonchev–Trinajstić information content (AvgIpc) is 2.65. The fourth-order valence-corrected chi connectivity index (χ4v) is 2.29. The van der Waals surface area contributed by atoms with E-state index < -0.39 is 0 Å². The standard InChI is InChI=1S/C8H6BrClN4S/c1-15-8-11-12-13-14(8)7-3-2-5(9)4-6(7)10/h2-4H,1H3. The number of hydrogen-bond donors (Lipinski definition) is 0. The second-order valence-electron chi connectivity index (χ2n) is 2.67. The topological polar surface area (TPSA) is 43.6 Å². The van der Waals surface area contributed by atoms with E-state index in [0.717, 1.165) is 10.2 Å². The zero-order valence-corrected chi connectivity index (χ0v) is 10.8. The van der Waals surface area contributed by atoms with E-state index in [9.17, 15) is 0 Å². The predicted molar refractivity (Wildman–Crippen MR) is 63.6 cm³/mol. The third kappa shape index (κ3) is 2.16. The molecule has 0 amide bonds. The van der Waals surface area contributed by atoms with Crippen LogP contribution in [0.4, 0.5) is 0 Å². The normalized spacial score (nSPS) is 10.6. The number of rotatable bonds is 2. The van der Waals surface area contributed by atoms with Gasteiger partial charge in [0.2, 0.25) is 5.16 Å². The van der Waals surface area contributed by atoms with Crippen LogP contribution in [0.2, 0.25) is 5.02 Å². The molecule has 0 unspecified atom stereocenters. The highest BCUT2D eigenvalue weighted by Gasteiger charge is 2.10. The number of thioether (sulfide) groups is 1. The summed E-state index contributed by atoms with van der Waals surface area (Å²) in [5, 5.41) is 12.7. The fourth-order valence-electron chi connectivity index (χ4n) is 1.11. The Balaban J connectivity index is 2.54. The number of halogens is 2. The Morgan fingerprint density at radius 3 is 2.93 bits per heavy atom. The van der Waals surface area contributed by atoms with Crippen molar-refractivity contribution in [2.45, 2.75) is 5.16 Å². The first-order chi connectivity index (χ1) is 7.22. The van der Waals surface area contributed by atoms with Crippen molar-refractivity contribution < 1.29 is 0 Å². The highest BCUT2D eigenvalue weighted by Crippen LogP contribution is 2.26. The summed E-state index contributed by atoms with van der Waals surface area (Å²) in [5.74, 6) is 0. The molecule has 0 aliphatic rings. The molecule has 1 aromatic carbocycles. The molecular weight excluding hydrogens is 300 g/mol. The Hall–Kier alpha value is -0.590. The second kappa shape index (κ2) is 4.51. The number of aromatic nitrogens is 4. The largest absolute Gasteiger partial charge is 0.213 e. The molecule has 0 aliphatic carbocycles. The summed E-state index contributed by atoms with van der Waals surface area (Å²) >= 11 is 10.9. The molecule has 0 atom stereocenters. The van der Waals surface area contributed by atoms with Gasteiger partial charge in [0, 0.05) is 4.47 Å². The van der Waals surface area contributed by atoms with Gasteiger partial charge in [-0.3, -0.25) is 0 Å². The van der Waals surface area contributed by atoms with Crippen LogP contribution in [-0.4, -0.2) is 26.5 Å². The molecule has 4 nitrogen and oxygen atoms in total. The van der Waals surface area contributed by atoms with E-state index in [2.05, 4.69) is 31.5 Å². The van der Waals surface area contributed by atoms with E-state index in [0.29, 0.717) is 10.2 Å². The molecule has 0 bridgehead atoms. The van der Waals surface area contributed by atoms with Crippen LogP contribution in [0.5, 0.6) is 0 Å². The van der Waals surface area contributed by atoms with Crippen LogP contribution in [0.25, 0.3) is 5.69 Å². The molecule has 2 aromatic rings. The summed E-state index contributed by atoms with van der Waals surface area (Å²) in [6, 6.07) is 5.57. The molecule has 0 spiro atoms. The van der Waals surface area contributed by atoms with Gasteiger partial charge in [0.1, 0.15) is 0 Å². The van der Waals surface area contributed by atoms with Crippen molar-refractivity contribution in [2.75, 3.05) is 6.26 Å². The average molecular weight is 306 g/mol. The summed E-state index contributed by atoms with van der Waals surface area (Å²) in [6.07, 6.45) is 1.91. The minimum Gasteiger partial charge on any atom is -0.186 e. The van der Waals surface area contributed by atoms with Gasteiger partial charge in [-0.2, -0.15) is 4.68 Å². The van der Waals surface area contributed by atoms with Crippen LogP contribution in [0.3, 0.4) is 0 Å². The lowest BCUT2D eigenvalue weighted by molar-refractivity contribution is 0.757. The van der Waals surface area contributed by atoms with Crippen molar-refractivity contribution >= 4 is 39.3 Å². The molecule has 7 heteroatoms. The van der Waals surface area contributed by atoms with Gasteiger partial charge in [-0.25, -0.2) is 0 Å². The van der Waals surface area contributed by atoms with Crippen LogP contribution in [0, 0.1) is 0 Å². The minimum absolute atomic E-state index is 0.604. The lowest BCUT2D eigenvalue weighted by atomic mass is 10.3. The van der Waals surface area contributed by atoms with E-state index in [1.165, 1.54) is 11.8 Å². The van der Waals surface area contributed by atoms with Crippen molar-refractivity contribution in [1.82, 2.24) is 20.2 Å². The summed E-state index contributed by atoms with van der Waals surface area (Å²) in [5.41, 5.74) is 0.772. The number of nitrogens with zero attached hydrogens (tertiary/aromatic N) is 4. The van der Waals surface area contributed by atoms with Gasteiger partial charge in [0.25, 0.3) is 0 Å². The monoisotopic (exact) mass is 304 g/mol. The van der Waals surface area contributed by atoms with Gasteiger partial charge in [0.15, 0.2) is 0 Å². The Bertz CT molecular complexity index is 487. The first-order valence-electron chi connectivity index (χ1n) is 4.00. The zero-order valence-electron chi connectivity index (χ0n) is 7.69. The maximum Gasteiger partial charge on any atom is 0.213 e. The lowest BCUT2D eigenvalue weighted by Gasteiger charge is -2.04. The van der Waals surface area contributed by atoms with Crippen LogP contribution in [0.15, 0.2) is 27.8 Å². The van der Waals surface area contributed by atoms with Crippen molar-refractivity contribution in [3.63, 3.8) is 0 Å². The Morgan fingerprint density at radius 1 is 1.47 bits per heavy atom. The van der Waals surface area contributed by atoms with Crippen LogP contribution in [0.1, 0.15) is 0 Å². The number of tetrazole rings is 1. The highest BCUT2D eigenvalue weighted by molar-refractivity contribution is 9.10. The van der Waals surface area contributed by atoms with Gasteiger partial charge in [-0.15, -0.1) is 5.10 Å². The Morgan fingerprint density at radius 2 is 2.27 bits per heavy atom. The molecule has 78 valence electrons. The summed E-state index contributed by atoms with van der Waals surface area (Å²) < 4.78 is 2.54. The quantitative estimate of drug-likeness (QED) is 0.800. The van der Waals surface area contributed by atoms with E-state index in [4.69, 9.17) is 11.6 Å². The first kappa shape index (κ1) is 10.9. The smallest absolute Gasteiger partial charge is 0.186 e. The van der Waals surface area contributed by atoms with Crippen LogP contribution >= 0.6 is 39.3 Å². The zero-order chi connectivity index (χ0) is 10.8. The molecule has 1 aromatic heterocycles. The van der Waals surface area contributed by atoms with E-state index >= 15 is 0 Å². The van der Waals surface area contributed by atoms with E-state index in [1.54, 1.807) is 4.68 Å². The fraction of sp³-hybridized carbons (Fsp3) is 0.125. The summed E-state index contributed by atoms with van der Waals surface area (Å²) in [6.45, 7) is 0. The SMILES string of the molecule is CSc1nnnn1-c1ccc(Br)cc1Cl. The molecule has 0 N–H and O–H groups in total. The molecule has 15 heavy (non-hydrogen) atoms. The lowest BCUT2D eigenvalue weighted by Crippen LogP contribution is -1.99. The van der Waals surface area contributed by atoms with Crippen molar-refractivity contribution in [3.05, 3.63) is 27.7 Å². The summed E-state index contributed by atoms with van der Waals surface area (Å²) in [7, 11) is 0. The molecule has 0 saturated heterocycles. The van der Waals surface area contributed by atoms with E-state index in [-0.39, 0.29) is 0 Å². The predicted octanol–water partition coefficient (Wildman–Crippen LogP) is 2.80. The maximum absolute atomic E-state index is 6.09.